The molecule has 0 N–H and O–H groups in total. The number of rotatable bonds is 0. The number of ketones is 1. The molecule has 0 aromatic rings. The lowest BCUT2D eigenvalue weighted by molar-refractivity contribution is -0.124. The highest BCUT2D eigenvalue weighted by Gasteiger charge is 2.21. The van der Waals surface area contributed by atoms with Crippen LogP contribution in [0.15, 0.2) is 0 Å². The van der Waals surface area contributed by atoms with Gasteiger partial charge in [-0.25, -0.2) is 0 Å². The van der Waals surface area contributed by atoms with Gasteiger partial charge in [-0.1, -0.05) is 13.8 Å². The third-order valence-corrected chi connectivity index (χ3v) is 2.19. The molecule has 0 amide bonds. The van der Waals surface area contributed by atoms with Crippen LogP contribution < -0.4 is 0 Å². The third kappa shape index (κ3) is 1.54. The van der Waals surface area contributed by atoms with Crippen LogP contribution in [0.2, 0.25) is 0 Å². The van der Waals surface area contributed by atoms with Gasteiger partial charge in [-0.05, 0) is 18.8 Å². The molecule has 1 aliphatic carbocycles. The van der Waals surface area contributed by atoms with Gasteiger partial charge in [0, 0.05) is 12.3 Å². The Morgan fingerprint density at radius 1 is 1.44 bits per heavy atom. The smallest absolute Gasteiger partial charge is 0.135 e. The number of carbonyl (C=O) groups excluding carboxylic acids is 1. The SMILES string of the molecule is CC1CCC(=O)[C@@H](C)C1. The fourth-order valence-corrected chi connectivity index (χ4v) is 1.49. The van der Waals surface area contributed by atoms with Gasteiger partial charge in [-0.3, -0.25) is 4.79 Å². The minimum atomic E-state index is 0.341. The predicted octanol–water partition coefficient (Wildman–Crippen LogP) is 2.01. The molecule has 0 bridgehead atoms. The molecule has 0 heterocycles. The molecule has 52 valence electrons. The standard InChI is InChI=1S/C8H14O/c1-6-3-4-8(9)7(2)5-6/h6-7H,3-5H2,1-2H3/t6?,7-/m0/s1. The molecule has 1 aliphatic rings. The van der Waals surface area contributed by atoms with E-state index in [2.05, 4.69) is 6.92 Å². The highest BCUT2D eigenvalue weighted by molar-refractivity contribution is 5.81. The van der Waals surface area contributed by atoms with Gasteiger partial charge in [0.15, 0.2) is 0 Å². The van der Waals surface area contributed by atoms with Gasteiger partial charge >= 0.3 is 0 Å². The molecule has 0 spiro atoms. The Morgan fingerprint density at radius 3 is 2.56 bits per heavy atom. The van der Waals surface area contributed by atoms with Gasteiger partial charge in [-0.2, -0.15) is 0 Å². The lowest BCUT2D eigenvalue weighted by Gasteiger charge is -2.21. The molecular weight excluding hydrogens is 112 g/mol. The van der Waals surface area contributed by atoms with Crippen molar-refractivity contribution < 1.29 is 4.79 Å². The van der Waals surface area contributed by atoms with Gasteiger partial charge in [0.05, 0.1) is 0 Å². The number of carbonyl (C=O) groups is 1. The summed E-state index contributed by atoms with van der Waals surface area (Å²) in [6.45, 7) is 4.26. The molecule has 0 aliphatic heterocycles. The molecule has 2 atom stereocenters. The van der Waals surface area contributed by atoms with Crippen LogP contribution in [0.4, 0.5) is 0 Å². The first kappa shape index (κ1) is 6.79. The second-order valence-electron chi connectivity index (χ2n) is 3.25. The molecule has 1 unspecified atom stereocenters. The van der Waals surface area contributed by atoms with E-state index in [1.165, 1.54) is 0 Å². The molecule has 9 heavy (non-hydrogen) atoms. The van der Waals surface area contributed by atoms with Crippen LogP contribution in [-0.4, -0.2) is 5.78 Å². The quantitative estimate of drug-likeness (QED) is 0.485. The number of hydrogen-bond donors (Lipinski definition) is 0. The van der Waals surface area contributed by atoms with E-state index >= 15 is 0 Å². The van der Waals surface area contributed by atoms with Crippen LogP contribution in [0.1, 0.15) is 33.1 Å². The first-order valence-corrected chi connectivity index (χ1v) is 3.73. The van der Waals surface area contributed by atoms with Gasteiger partial charge in [0.2, 0.25) is 0 Å². The first-order valence-electron chi connectivity index (χ1n) is 3.73. The molecule has 1 saturated carbocycles. The van der Waals surface area contributed by atoms with Crippen molar-refractivity contribution in [3.05, 3.63) is 0 Å². The Kier molecular flexibility index (Phi) is 1.89. The van der Waals surface area contributed by atoms with Crippen molar-refractivity contribution in [1.82, 2.24) is 0 Å². The number of Topliss-reactive ketones (excluding diaryl/α,β-unsaturated/α-hetero) is 1. The lowest BCUT2D eigenvalue weighted by atomic mass is 9.83. The van der Waals surface area contributed by atoms with Crippen molar-refractivity contribution in [2.45, 2.75) is 33.1 Å². The van der Waals surface area contributed by atoms with Crippen molar-refractivity contribution in [2.75, 3.05) is 0 Å². The van der Waals surface area contributed by atoms with Crippen molar-refractivity contribution in [3.63, 3.8) is 0 Å². The Morgan fingerprint density at radius 2 is 2.11 bits per heavy atom. The second kappa shape index (κ2) is 2.51. The summed E-state index contributed by atoms with van der Waals surface area (Å²) < 4.78 is 0. The van der Waals surface area contributed by atoms with Crippen LogP contribution in [-0.2, 0) is 4.79 Å². The Bertz CT molecular complexity index is 118. The minimum absolute atomic E-state index is 0.341. The van der Waals surface area contributed by atoms with E-state index in [1.54, 1.807) is 0 Å². The molecule has 1 nitrogen and oxygen atoms in total. The lowest BCUT2D eigenvalue weighted by Crippen LogP contribution is -2.20. The fraction of sp³-hybridized carbons (Fsp3) is 0.875. The van der Waals surface area contributed by atoms with Crippen LogP contribution in [0.5, 0.6) is 0 Å². The average molecular weight is 126 g/mol. The minimum Gasteiger partial charge on any atom is -0.299 e. The summed E-state index contributed by atoms with van der Waals surface area (Å²) in [6, 6.07) is 0. The van der Waals surface area contributed by atoms with Crippen LogP contribution >= 0.6 is 0 Å². The summed E-state index contributed by atoms with van der Waals surface area (Å²) in [4.78, 5) is 10.9. The van der Waals surface area contributed by atoms with Gasteiger partial charge in [-0.15, -0.1) is 0 Å². The predicted molar refractivity (Wildman–Crippen MR) is 37.2 cm³/mol. The molecule has 1 fully saturated rings. The summed E-state index contributed by atoms with van der Waals surface area (Å²) in [5.41, 5.74) is 0. The maximum Gasteiger partial charge on any atom is 0.135 e. The van der Waals surface area contributed by atoms with E-state index in [1.807, 2.05) is 6.92 Å². The molecule has 0 aromatic carbocycles. The second-order valence-corrected chi connectivity index (χ2v) is 3.25. The fourth-order valence-electron chi connectivity index (χ4n) is 1.49. The Labute approximate surface area is 56.4 Å². The topological polar surface area (TPSA) is 17.1 Å². The Balaban J connectivity index is 2.44. The third-order valence-electron chi connectivity index (χ3n) is 2.19. The highest BCUT2D eigenvalue weighted by atomic mass is 16.1. The average Bonchev–Trinajstić information content (AvgIpc) is 1.80. The summed E-state index contributed by atoms with van der Waals surface area (Å²) in [7, 11) is 0. The van der Waals surface area contributed by atoms with Crippen molar-refractivity contribution >= 4 is 5.78 Å². The van der Waals surface area contributed by atoms with Gasteiger partial charge < -0.3 is 0 Å². The van der Waals surface area contributed by atoms with E-state index in [4.69, 9.17) is 0 Å². The molecule has 0 saturated heterocycles. The van der Waals surface area contributed by atoms with E-state index in [-0.39, 0.29) is 0 Å². The largest absolute Gasteiger partial charge is 0.299 e. The highest BCUT2D eigenvalue weighted by Crippen LogP contribution is 2.24. The summed E-state index contributed by atoms with van der Waals surface area (Å²) in [5, 5.41) is 0. The summed E-state index contributed by atoms with van der Waals surface area (Å²) in [6.07, 6.45) is 3.05. The zero-order valence-corrected chi connectivity index (χ0v) is 6.18. The van der Waals surface area contributed by atoms with E-state index in [9.17, 15) is 4.79 Å². The van der Waals surface area contributed by atoms with Gasteiger partial charge in [0.25, 0.3) is 0 Å². The van der Waals surface area contributed by atoms with E-state index < -0.39 is 0 Å². The monoisotopic (exact) mass is 126 g/mol. The van der Waals surface area contributed by atoms with Crippen LogP contribution in [0, 0.1) is 11.8 Å². The normalized spacial score (nSPS) is 36.9. The number of hydrogen-bond acceptors (Lipinski definition) is 1. The van der Waals surface area contributed by atoms with Crippen LogP contribution in [0.25, 0.3) is 0 Å². The summed E-state index contributed by atoms with van der Waals surface area (Å²) in [5.74, 6) is 1.58. The maximum absolute atomic E-state index is 10.9. The van der Waals surface area contributed by atoms with Crippen molar-refractivity contribution in [2.24, 2.45) is 11.8 Å². The van der Waals surface area contributed by atoms with E-state index in [0.29, 0.717) is 11.7 Å². The van der Waals surface area contributed by atoms with Crippen molar-refractivity contribution in [3.8, 4) is 0 Å². The Hall–Kier alpha value is -0.330. The zero-order valence-electron chi connectivity index (χ0n) is 6.18. The molecule has 0 radical (unpaired) electrons. The molecule has 0 aromatic heterocycles. The van der Waals surface area contributed by atoms with Gasteiger partial charge in [0.1, 0.15) is 5.78 Å². The first-order chi connectivity index (χ1) is 4.20. The van der Waals surface area contributed by atoms with Crippen LogP contribution in [0.3, 0.4) is 0 Å². The van der Waals surface area contributed by atoms with Crippen molar-refractivity contribution in [1.29, 1.82) is 0 Å². The van der Waals surface area contributed by atoms with E-state index in [0.717, 1.165) is 25.2 Å². The summed E-state index contributed by atoms with van der Waals surface area (Å²) >= 11 is 0. The zero-order chi connectivity index (χ0) is 6.85. The molecule has 1 rings (SSSR count). The maximum atomic E-state index is 10.9. The molecular formula is C8H14O. The molecule has 1 heteroatoms.